The van der Waals surface area contributed by atoms with Gasteiger partial charge < -0.3 is 9.73 Å². The number of carbonyl (C=O) groups excluding carboxylic acids is 1. The highest BCUT2D eigenvalue weighted by atomic mass is 79.9. The molecule has 3 aromatic rings. The average Bonchev–Trinajstić information content (AvgIpc) is 2.86. The molecule has 1 N–H and O–H groups in total. The molecule has 0 radical (unpaired) electrons. The van der Waals surface area contributed by atoms with Crippen LogP contribution in [0, 0.1) is 13.8 Å². The van der Waals surface area contributed by atoms with Crippen LogP contribution in [0.3, 0.4) is 0 Å². The lowest BCUT2D eigenvalue weighted by atomic mass is 10.1. The van der Waals surface area contributed by atoms with Gasteiger partial charge in [0.2, 0.25) is 0 Å². The van der Waals surface area contributed by atoms with Crippen LogP contribution in [0.15, 0.2) is 51.6 Å². The van der Waals surface area contributed by atoms with Gasteiger partial charge in [-0.3, -0.25) is 4.79 Å². The minimum absolute atomic E-state index is 0.159. The van der Waals surface area contributed by atoms with E-state index in [0.29, 0.717) is 11.1 Å². The topological polar surface area (TPSA) is 42.2 Å². The lowest BCUT2D eigenvalue weighted by Gasteiger charge is -2.11. The smallest absolute Gasteiger partial charge is 0.259 e. The van der Waals surface area contributed by atoms with Crippen LogP contribution in [0.4, 0.5) is 5.69 Å². The summed E-state index contributed by atoms with van der Waals surface area (Å²) in [4.78, 5) is 12.5. The molecule has 0 fully saturated rings. The van der Waals surface area contributed by atoms with Crippen LogP contribution in [-0.2, 0) is 0 Å². The number of hydrogen-bond donors (Lipinski definition) is 1. The van der Waals surface area contributed by atoms with Crippen LogP contribution in [0.25, 0.3) is 11.0 Å². The number of nitrogens with one attached hydrogen (secondary N) is 1. The Morgan fingerprint density at radius 2 is 1.81 bits per heavy atom. The zero-order chi connectivity index (χ0) is 15.0. The van der Waals surface area contributed by atoms with Gasteiger partial charge in [0.15, 0.2) is 0 Å². The van der Waals surface area contributed by atoms with Crippen molar-refractivity contribution in [3.63, 3.8) is 0 Å². The van der Waals surface area contributed by atoms with Gasteiger partial charge in [-0.1, -0.05) is 34.1 Å². The quantitative estimate of drug-likeness (QED) is 0.706. The molecule has 1 aromatic heterocycles. The molecule has 3 nitrogen and oxygen atoms in total. The summed E-state index contributed by atoms with van der Waals surface area (Å²) in [7, 11) is 0. The largest absolute Gasteiger partial charge is 0.463 e. The Bertz CT molecular complexity index is 813. The van der Waals surface area contributed by atoms with E-state index in [1.54, 1.807) is 0 Å². The van der Waals surface area contributed by atoms with E-state index in [-0.39, 0.29) is 5.91 Å². The number of fused-ring (bicyclic) bond motifs is 1. The highest BCUT2D eigenvalue weighted by Gasteiger charge is 2.15. The molecule has 0 aliphatic heterocycles. The van der Waals surface area contributed by atoms with Gasteiger partial charge in [0.25, 0.3) is 5.91 Å². The molecule has 0 atom stereocenters. The number of aryl methyl sites for hydroxylation is 2. The van der Waals surface area contributed by atoms with Gasteiger partial charge in [0, 0.05) is 15.5 Å². The fourth-order valence-electron chi connectivity index (χ4n) is 2.44. The Balaban J connectivity index is 1.97. The summed E-state index contributed by atoms with van der Waals surface area (Å²) in [6, 6.07) is 11.5. The maximum Gasteiger partial charge on any atom is 0.259 e. The van der Waals surface area contributed by atoms with Gasteiger partial charge >= 0.3 is 0 Å². The summed E-state index contributed by atoms with van der Waals surface area (Å²) in [5, 5.41) is 3.80. The van der Waals surface area contributed by atoms with Gasteiger partial charge in [0.1, 0.15) is 11.8 Å². The summed E-state index contributed by atoms with van der Waals surface area (Å²) >= 11 is 3.46. The molecule has 0 aliphatic carbocycles. The minimum atomic E-state index is -0.159. The number of hydrogen-bond acceptors (Lipinski definition) is 2. The molecule has 2 aromatic carbocycles. The van der Waals surface area contributed by atoms with Gasteiger partial charge in [-0.2, -0.15) is 0 Å². The Labute approximate surface area is 131 Å². The van der Waals surface area contributed by atoms with Gasteiger partial charge in [-0.05, 0) is 43.2 Å². The molecule has 0 spiro atoms. The van der Waals surface area contributed by atoms with E-state index < -0.39 is 0 Å². The number of furan rings is 1. The van der Waals surface area contributed by atoms with E-state index in [1.165, 1.54) is 6.26 Å². The van der Waals surface area contributed by atoms with E-state index in [0.717, 1.165) is 26.7 Å². The lowest BCUT2D eigenvalue weighted by molar-refractivity contribution is 0.102. The zero-order valence-corrected chi connectivity index (χ0v) is 13.3. The van der Waals surface area contributed by atoms with Crippen molar-refractivity contribution in [1.82, 2.24) is 0 Å². The SMILES string of the molecule is Cc1cc(Br)cc(C)c1NC(=O)c1coc2ccccc12. The van der Waals surface area contributed by atoms with Crippen LogP contribution < -0.4 is 5.32 Å². The molecule has 1 amide bonds. The maximum atomic E-state index is 12.5. The lowest BCUT2D eigenvalue weighted by Crippen LogP contribution is -2.13. The fraction of sp³-hybridized carbons (Fsp3) is 0.118. The third-order valence-corrected chi connectivity index (χ3v) is 3.92. The molecule has 0 aliphatic rings. The van der Waals surface area contributed by atoms with Crippen molar-refractivity contribution in [2.75, 3.05) is 5.32 Å². The summed E-state index contributed by atoms with van der Waals surface area (Å²) in [6.45, 7) is 3.95. The van der Waals surface area contributed by atoms with Crippen molar-refractivity contribution in [3.8, 4) is 0 Å². The predicted molar refractivity (Wildman–Crippen MR) is 87.8 cm³/mol. The molecule has 0 bridgehead atoms. The molecule has 0 saturated heterocycles. The van der Waals surface area contributed by atoms with Crippen LogP contribution in [0.5, 0.6) is 0 Å². The first kappa shape index (κ1) is 13.9. The zero-order valence-electron chi connectivity index (χ0n) is 11.7. The van der Waals surface area contributed by atoms with Crippen molar-refractivity contribution >= 4 is 38.5 Å². The third-order valence-electron chi connectivity index (χ3n) is 3.46. The van der Waals surface area contributed by atoms with E-state index in [2.05, 4.69) is 21.2 Å². The van der Waals surface area contributed by atoms with Crippen LogP contribution in [0.1, 0.15) is 21.5 Å². The number of halogens is 1. The summed E-state index contributed by atoms with van der Waals surface area (Å²) in [5.74, 6) is -0.159. The second-order valence-electron chi connectivity index (χ2n) is 5.01. The maximum absolute atomic E-state index is 12.5. The number of benzene rings is 2. The monoisotopic (exact) mass is 343 g/mol. The van der Waals surface area contributed by atoms with E-state index in [4.69, 9.17) is 4.42 Å². The molecule has 3 rings (SSSR count). The summed E-state index contributed by atoms with van der Waals surface area (Å²) in [6.07, 6.45) is 1.50. The molecule has 4 heteroatoms. The molecule has 0 saturated carbocycles. The standard InChI is InChI=1S/C17H14BrNO2/c1-10-7-12(18)8-11(2)16(10)19-17(20)14-9-21-15-6-4-3-5-13(14)15/h3-9H,1-2H3,(H,19,20). The third kappa shape index (κ3) is 2.59. The number of para-hydroxylation sites is 1. The molecular formula is C17H14BrNO2. The second-order valence-corrected chi connectivity index (χ2v) is 5.93. The minimum Gasteiger partial charge on any atom is -0.463 e. The van der Waals surface area contributed by atoms with E-state index in [1.807, 2.05) is 50.2 Å². The van der Waals surface area contributed by atoms with Gasteiger partial charge in [-0.15, -0.1) is 0 Å². The highest BCUT2D eigenvalue weighted by Crippen LogP contribution is 2.27. The number of carbonyl (C=O) groups is 1. The number of anilines is 1. The van der Waals surface area contributed by atoms with Crippen LogP contribution in [-0.4, -0.2) is 5.91 Å². The average molecular weight is 344 g/mol. The Morgan fingerprint density at radius 3 is 2.52 bits per heavy atom. The van der Waals surface area contributed by atoms with Gasteiger partial charge in [-0.25, -0.2) is 0 Å². The van der Waals surface area contributed by atoms with E-state index >= 15 is 0 Å². The first-order valence-corrected chi connectivity index (χ1v) is 7.40. The summed E-state index contributed by atoms with van der Waals surface area (Å²) < 4.78 is 6.42. The van der Waals surface area contributed by atoms with E-state index in [9.17, 15) is 4.79 Å². The van der Waals surface area contributed by atoms with Crippen molar-refractivity contribution < 1.29 is 9.21 Å². The van der Waals surface area contributed by atoms with Crippen LogP contribution >= 0.6 is 15.9 Å². The summed E-state index contributed by atoms with van der Waals surface area (Å²) in [5.41, 5.74) is 4.14. The highest BCUT2D eigenvalue weighted by molar-refractivity contribution is 9.10. The van der Waals surface area contributed by atoms with Crippen molar-refractivity contribution in [1.29, 1.82) is 0 Å². The predicted octanol–water partition coefficient (Wildman–Crippen LogP) is 5.06. The molecule has 106 valence electrons. The molecule has 0 unspecified atom stereocenters. The first-order valence-electron chi connectivity index (χ1n) is 6.60. The Morgan fingerprint density at radius 1 is 1.14 bits per heavy atom. The molecule has 21 heavy (non-hydrogen) atoms. The first-order chi connectivity index (χ1) is 10.1. The van der Waals surface area contributed by atoms with Crippen LogP contribution in [0.2, 0.25) is 0 Å². The normalized spacial score (nSPS) is 10.8. The number of amides is 1. The van der Waals surface area contributed by atoms with Gasteiger partial charge in [0.05, 0.1) is 5.56 Å². The molecule has 1 heterocycles. The van der Waals surface area contributed by atoms with Crippen molar-refractivity contribution in [2.24, 2.45) is 0 Å². The molecular weight excluding hydrogens is 330 g/mol. The van der Waals surface area contributed by atoms with Crippen molar-refractivity contribution in [2.45, 2.75) is 13.8 Å². The number of rotatable bonds is 2. The Hall–Kier alpha value is -2.07. The van der Waals surface area contributed by atoms with Crippen molar-refractivity contribution in [3.05, 3.63) is 63.8 Å². The fourth-order valence-corrected chi connectivity index (χ4v) is 3.13. The Kier molecular flexibility index (Phi) is 3.55. The second kappa shape index (κ2) is 5.37.